The van der Waals surface area contributed by atoms with Gasteiger partial charge in [0, 0.05) is 0 Å². The van der Waals surface area contributed by atoms with E-state index in [1.807, 2.05) is 83.9 Å². The minimum Gasteiger partial charge on any atom is -0.234 e. The number of fused-ring (bicyclic) bond motifs is 2. The lowest BCUT2D eigenvalue weighted by Crippen LogP contribution is -1.99. The van der Waals surface area contributed by atoms with E-state index in [0.717, 1.165) is 56.2 Å². The Hall–Kier alpha value is -4.46. The minimum atomic E-state index is 0.720. The van der Waals surface area contributed by atoms with Crippen molar-refractivity contribution >= 4 is 22.1 Å². The van der Waals surface area contributed by atoms with E-state index < -0.39 is 0 Å². The van der Waals surface area contributed by atoms with Gasteiger partial charge in [-0.15, -0.1) is 0 Å². The van der Waals surface area contributed by atoms with Crippen molar-refractivity contribution in [3.8, 4) is 22.8 Å². The van der Waals surface area contributed by atoms with Gasteiger partial charge in [0.15, 0.2) is 11.3 Å². The molecule has 0 bridgehead atoms. The Morgan fingerprint density at radius 1 is 0.531 bits per heavy atom. The molecule has 0 aliphatic carbocycles. The molecule has 0 fully saturated rings. The smallest absolute Gasteiger partial charge is 0.167 e. The first-order chi connectivity index (χ1) is 15.7. The van der Waals surface area contributed by atoms with Gasteiger partial charge in [0.1, 0.15) is 24.0 Å². The van der Waals surface area contributed by atoms with Crippen LogP contribution in [0, 0.1) is 13.8 Å². The fourth-order valence-electron chi connectivity index (χ4n) is 4.09. The van der Waals surface area contributed by atoms with E-state index in [1.165, 1.54) is 0 Å². The summed E-state index contributed by atoms with van der Waals surface area (Å²) in [5, 5.41) is 11.2. The number of hydrogen-bond donors (Lipinski definition) is 0. The summed E-state index contributed by atoms with van der Waals surface area (Å²) in [7, 11) is 0. The maximum atomic E-state index is 4.75. The van der Waals surface area contributed by atoms with E-state index in [2.05, 4.69) is 19.9 Å². The van der Waals surface area contributed by atoms with E-state index >= 15 is 0 Å². The molecule has 0 atom stereocenters. The van der Waals surface area contributed by atoms with Gasteiger partial charge in [0.25, 0.3) is 0 Å². The van der Waals surface area contributed by atoms with E-state index in [0.29, 0.717) is 0 Å². The Balaban J connectivity index is 1.63. The summed E-state index contributed by atoms with van der Waals surface area (Å²) < 4.78 is 3.68. The molecule has 0 spiro atoms. The van der Waals surface area contributed by atoms with Crippen molar-refractivity contribution in [3.05, 3.63) is 84.7 Å². The van der Waals surface area contributed by atoms with Gasteiger partial charge in [-0.05, 0) is 38.1 Å². The summed E-state index contributed by atoms with van der Waals surface area (Å²) in [6, 6.07) is 19.9. The van der Waals surface area contributed by atoms with Crippen molar-refractivity contribution in [1.29, 1.82) is 0 Å². The third kappa shape index (κ3) is 2.70. The van der Waals surface area contributed by atoms with E-state index in [9.17, 15) is 0 Å². The zero-order valence-electron chi connectivity index (χ0n) is 17.5. The minimum absolute atomic E-state index is 0.720. The quantitative estimate of drug-likeness (QED) is 0.427. The molecule has 0 amide bonds. The Morgan fingerprint density at radius 3 is 1.34 bits per heavy atom. The van der Waals surface area contributed by atoms with Crippen LogP contribution in [0.5, 0.6) is 0 Å². The molecule has 8 nitrogen and oxygen atoms in total. The van der Waals surface area contributed by atoms with Gasteiger partial charge < -0.3 is 0 Å². The normalized spacial score (nSPS) is 11.4. The second-order valence-corrected chi connectivity index (χ2v) is 7.51. The number of para-hydroxylation sites is 2. The van der Waals surface area contributed by atoms with Gasteiger partial charge >= 0.3 is 0 Å². The first-order valence-corrected chi connectivity index (χ1v) is 10.2. The maximum absolute atomic E-state index is 4.75. The van der Waals surface area contributed by atoms with E-state index in [4.69, 9.17) is 10.2 Å². The van der Waals surface area contributed by atoms with Crippen LogP contribution >= 0.6 is 0 Å². The van der Waals surface area contributed by atoms with Crippen LogP contribution in [0.4, 0.5) is 0 Å². The largest absolute Gasteiger partial charge is 0.234 e. The second-order valence-electron chi connectivity index (χ2n) is 7.51. The van der Waals surface area contributed by atoms with Crippen LogP contribution in [0.3, 0.4) is 0 Å². The van der Waals surface area contributed by atoms with E-state index in [1.54, 1.807) is 12.7 Å². The summed E-state index contributed by atoms with van der Waals surface area (Å²) in [5.41, 5.74) is 6.46. The molecule has 8 heteroatoms. The highest BCUT2D eigenvalue weighted by Crippen LogP contribution is 2.33. The second kappa shape index (κ2) is 7.05. The molecule has 0 saturated heterocycles. The lowest BCUT2D eigenvalue weighted by Gasteiger charge is -2.06. The predicted molar refractivity (Wildman–Crippen MR) is 122 cm³/mol. The maximum Gasteiger partial charge on any atom is 0.167 e. The van der Waals surface area contributed by atoms with Gasteiger partial charge in [-0.25, -0.2) is 29.3 Å². The van der Waals surface area contributed by atoms with Crippen LogP contribution in [0.15, 0.2) is 73.3 Å². The average Bonchev–Trinajstić information content (AvgIpc) is 3.37. The van der Waals surface area contributed by atoms with Gasteiger partial charge in [0.2, 0.25) is 0 Å². The van der Waals surface area contributed by atoms with E-state index in [-0.39, 0.29) is 0 Å². The van der Waals surface area contributed by atoms with Crippen molar-refractivity contribution < 1.29 is 0 Å². The lowest BCUT2D eigenvalue weighted by molar-refractivity contribution is 0.876. The highest BCUT2D eigenvalue weighted by atomic mass is 15.3. The summed E-state index contributed by atoms with van der Waals surface area (Å²) in [6.45, 7) is 3.93. The Bertz CT molecular complexity index is 1460. The molecule has 6 rings (SSSR count). The fraction of sp³-hybridized carbons (Fsp3) is 0.0833. The molecular weight excluding hydrogens is 400 g/mol. The van der Waals surface area contributed by atoms with Crippen molar-refractivity contribution in [2.45, 2.75) is 13.8 Å². The van der Waals surface area contributed by atoms with Gasteiger partial charge in [0.05, 0.1) is 33.5 Å². The Kier molecular flexibility index (Phi) is 4.04. The van der Waals surface area contributed by atoms with Crippen molar-refractivity contribution in [2.24, 2.45) is 0 Å². The third-order valence-electron chi connectivity index (χ3n) is 5.51. The van der Waals surface area contributed by atoms with Crippen LogP contribution in [-0.2, 0) is 0 Å². The Morgan fingerprint density at radius 2 is 0.938 bits per heavy atom. The van der Waals surface area contributed by atoms with Crippen LogP contribution in [0.1, 0.15) is 11.4 Å². The molecule has 4 aromatic heterocycles. The summed E-state index contributed by atoms with van der Waals surface area (Å²) in [6.07, 6.45) is 3.12. The predicted octanol–water partition coefficient (Wildman–Crippen LogP) is 4.23. The fourth-order valence-corrected chi connectivity index (χ4v) is 4.09. The van der Waals surface area contributed by atoms with Crippen LogP contribution in [0.2, 0.25) is 0 Å². The third-order valence-corrected chi connectivity index (χ3v) is 5.51. The van der Waals surface area contributed by atoms with Crippen molar-refractivity contribution in [2.75, 3.05) is 0 Å². The molecule has 154 valence electrons. The molecule has 0 unspecified atom stereocenters. The van der Waals surface area contributed by atoms with Gasteiger partial charge in [-0.2, -0.15) is 10.2 Å². The molecule has 0 radical (unpaired) electrons. The van der Waals surface area contributed by atoms with Gasteiger partial charge in [-0.3, -0.25) is 0 Å². The summed E-state index contributed by atoms with van der Waals surface area (Å²) >= 11 is 0. The number of rotatable bonds is 3. The summed E-state index contributed by atoms with van der Waals surface area (Å²) in [5.74, 6) is 0. The first-order valence-electron chi connectivity index (χ1n) is 10.2. The van der Waals surface area contributed by atoms with Crippen LogP contribution < -0.4 is 0 Å². The van der Waals surface area contributed by atoms with Crippen LogP contribution in [-0.4, -0.2) is 39.5 Å². The molecule has 0 aliphatic rings. The standard InChI is InChI=1S/C24H18N8/c1-15-19-21(25-13-27-23(19)31(29-15)17-9-5-3-6-10-17)22-20-16(2)30-32(24(20)28-14-26-22)18-11-7-4-8-12-18/h3-14H,1-2H3. The van der Waals surface area contributed by atoms with Crippen LogP contribution in [0.25, 0.3) is 44.8 Å². The first kappa shape index (κ1) is 18.3. The molecule has 0 saturated carbocycles. The molecule has 4 heterocycles. The number of benzene rings is 2. The van der Waals surface area contributed by atoms with Crippen molar-refractivity contribution in [1.82, 2.24) is 39.5 Å². The highest BCUT2D eigenvalue weighted by Gasteiger charge is 2.22. The molecule has 2 aromatic carbocycles. The number of aromatic nitrogens is 8. The average molecular weight is 418 g/mol. The molecular formula is C24H18N8. The number of aryl methyl sites for hydroxylation is 2. The molecule has 0 N–H and O–H groups in total. The van der Waals surface area contributed by atoms with Crippen molar-refractivity contribution in [3.63, 3.8) is 0 Å². The molecule has 0 aliphatic heterocycles. The topological polar surface area (TPSA) is 87.2 Å². The highest BCUT2D eigenvalue weighted by molar-refractivity contribution is 6.01. The van der Waals surface area contributed by atoms with Gasteiger partial charge in [-0.1, -0.05) is 36.4 Å². The monoisotopic (exact) mass is 418 g/mol. The number of nitrogens with zero attached hydrogens (tertiary/aromatic N) is 8. The molecule has 32 heavy (non-hydrogen) atoms. The molecule has 6 aromatic rings. The summed E-state index contributed by atoms with van der Waals surface area (Å²) in [4.78, 5) is 18.3. The Labute approximate surface area is 183 Å². The lowest BCUT2D eigenvalue weighted by atomic mass is 10.1. The zero-order chi connectivity index (χ0) is 21.7. The SMILES string of the molecule is Cc1nn(-c2ccccc2)c2ncnc(-c3ncnc4c3c(C)nn4-c3ccccc3)c12. The zero-order valence-corrected chi connectivity index (χ0v) is 17.5. The number of hydrogen-bond acceptors (Lipinski definition) is 6.